The minimum absolute atomic E-state index is 0.262. The highest BCUT2D eigenvalue weighted by molar-refractivity contribution is 5.89. The molecule has 0 aliphatic rings. The summed E-state index contributed by atoms with van der Waals surface area (Å²) >= 11 is 0. The van der Waals surface area contributed by atoms with E-state index in [9.17, 15) is 9.59 Å². The second-order valence-corrected chi connectivity index (χ2v) is 5.38. The lowest BCUT2D eigenvalue weighted by Crippen LogP contribution is -2.31. The number of esters is 1. The molecule has 5 nitrogen and oxygen atoms in total. The van der Waals surface area contributed by atoms with Crippen LogP contribution < -0.4 is 10.1 Å². The number of amides is 1. The predicted octanol–water partition coefficient (Wildman–Crippen LogP) is 3.13. The van der Waals surface area contributed by atoms with Crippen LogP contribution in [-0.2, 0) is 14.3 Å². The van der Waals surface area contributed by atoms with Gasteiger partial charge in [0.25, 0.3) is 5.91 Å². The van der Waals surface area contributed by atoms with Gasteiger partial charge in [0.2, 0.25) is 0 Å². The van der Waals surface area contributed by atoms with E-state index < -0.39 is 5.97 Å². The van der Waals surface area contributed by atoms with Crippen molar-refractivity contribution < 1.29 is 19.1 Å². The Kier molecular flexibility index (Phi) is 6.77. The molecule has 0 aromatic heterocycles. The zero-order chi connectivity index (χ0) is 18.1. The number of rotatable bonds is 7. The Morgan fingerprint density at radius 3 is 2.48 bits per heavy atom. The summed E-state index contributed by atoms with van der Waals surface area (Å²) in [4.78, 5) is 23.6. The maximum Gasteiger partial charge on any atom is 0.331 e. The lowest BCUT2D eigenvalue weighted by Gasteiger charge is -2.17. The van der Waals surface area contributed by atoms with Crippen molar-refractivity contribution in [2.75, 3.05) is 13.7 Å². The van der Waals surface area contributed by atoms with Crippen LogP contribution in [-0.4, -0.2) is 25.6 Å². The van der Waals surface area contributed by atoms with E-state index in [0.29, 0.717) is 5.75 Å². The minimum Gasteiger partial charge on any atom is -0.496 e. The molecule has 0 heterocycles. The van der Waals surface area contributed by atoms with Gasteiger partial charge in [-0.25, -0.2) is 4.79 Å². The Morgan fingerprint density at radius 2 is 1.76 bits per heavy atom. The molecule has 25 heavy (non-hydrogen) atoms. The van der Waals surface area contributed by atoms with Crippen LogP contribution in [0.5, 0.6) is 5.75 Å². The normalized spacial score (nSPS) is 11.8. The summed E-state index contributed by atoms with van der Waals surface area (Å²) in [6.45, 7) is 1.50. The fourth-order valence-corrected chi connectivity index (χ4v) is 2.30. The predicted molar refractivity (Wildman–Crippen MR) is 96.0 cm³/mol. The Balaban J connectivity index is 1.82. The number of benzene rings is 2. The summed E-state index contributed by atoms with van der Waals surface area (Å²) < 4.78 is 10.2. The highest BCUT2D eigenvalue weighted by Crippen LogP contribution is 2.24. The van der Waals surface area contributed by atoms with Crippen LogP contribution in [0.4, 0.5) is 0 Å². The first-order valence-electron chi connectivity index (χ1n) is 7.92. The summed E-state index contributed by atoms with van der Waals surface area (Å²) in [6.07, 6.45) is 2.93. The molecule has 0 saturated heterocycles. The molecule has 0 bridgehead atoms. The average Bonchev–Trinajstić information content (AvgIpc) is 2.65. The van der Waals surface area contributed by atoms with Crippen molar-refractivity contribution in [3.63, 3.8) is 0 Å². The number of hydrogen-bond donors (Lipinski definition) is 1. The molecule has 0 saturated carbocycles. The Hall–Kier alpha value is -3.08. The molecule has 0 fully saturated rings. The van der Waals surface area contributed by atoms with Crippen LogP contribution in [0.25, 0.3) is 6.08 Å². The quantitative estimate of drug-likeness (QED) is 0.622. The number of para-hydroxylation sites is 1. The van der Waals surface area contributed by atoms with Gasteiger partial charge in [-0.05, 0) is 24.6 Å². The van der Waals surface area contributed by atoms with Gasteiger partial charge in [-0.2, -0.15) is 0 Å². The molecule has 2 aromatic carbocycles. The fraction of sp³-hybridized carbons (Fsp3) is 0.200. The van der Waals surface area contributed by atoms with Gasteiger partial charge in [0.1, 0.15) is 5.75 Å². The summed E-state index contributed by atoms with van der Waals surface area (Å²) in [5.74, 6) is -0.248. The summed E-state index contributed by atoms with van der Waals surface area (Å²) in [5.41, 5.74) is 1.74. The van der Waals surface area contributed by atoms with Crippen molar-refractivity contribution in [3.8, 4) is 5.75 Å². The highest BCUT2D eigenvalue weighted by atomic mass is 16.5. The third-order valence-electron chi connectivity index (χ3n) is 3.54. The molecule has 0 aliphatic carbocycles. The van der Waals surface area contributed by atoms with Gasteiger partial charge >= 0.3 is 5.97 Å². The SMILES string of the molecule is COc1ccccc1C(C)NC(=O)COC(=O)/C=C/c1ccccc1. The maximum absolute atomic E-state index is 12.0. The van der Waals surface area contributed by atoms with E-state index in [1.165, 1.54) is 6.08 Å². The van der Waals surface area contributed by atoms with Crippen LogP contribution in [0.3, 0.4) is 0 Å². The van der Waals surface area contributed by atoms with Crippen LogP contribution in [0.15, 0.2) is 60.7 Å². The zero-order valence-electron chi connectivity index (χ0n) is 14.3. The van der Waals surface area contributed by atoms with Crippen molar-refractivity contribution in [2.24, 2.45) is 0 Å². The molecule has 1 amide bonds. The van der Waals surface area contributed by atoms with Gasteiger partial charge in [0, 0.05) is 11.6 Å². The molecule has 2 rings (SSSR count). The van der Waals surface area contributed by atoms with E-state index in [4.69, 9.17) is 9.47 Å². The number of ether oxygens (including phenoxy) is 2. The van der Waals surface area contributed by atoms with Crippen molar-refractivity contribution in [1.29, 1.82) is 0 Å². The molecule has 0 radical (unpaired) electrons. The Morgan fingerprint density at radius 1 is 1.08 bits per heavy atom. The van der Waals surface area contributed by atoms with Gasteiger partial charge in [-0.3, -0.25) is 4.79 Å². The molecule has 1 unspecified atom stereocenters. The lowest BCUT2D eigenvalue weighted by molar-refractivity contribution is -0.144. The van der Waals surface area contributed by atoms with Crippen molar-refractivity contribution in [1.82, 2.24) is 5.32 Å². The molecule has 0 spiro atoms. The smallest absolute Gasteiger partial charge is 0.331 e. The lowest BCUT2D eigenvalue weighted by atomic mass is 10.1. The van der Waals surface area contributed by atoms with E-state index in [-0.39, 0.29) is 18.6 Å². The van der Waals surface area contributed by atoms with E-state index in [0.717, 1.165) is 11.1 Å². The first-order chi connectivity index (χ1) is 12.1. The van der Waals surface area contributed by atoms with Crippen molar-refractivity contribution in [3.05, 3.63) is 71.8 Å². The van der Waals surface area contributed by atoms with Gasteiger partial charge < -0.3 is 14.8 Å². The molecule has 5 heteroatoms. The molecule has 1 atom stereocenters. The largest absolute Gasteiger partial charge is 0.496 e. The standard InChI is InChI=1S/C20H21NO4/c1-15(17-10-6-7-11-18(17)24-2)21-19(22)14-25-20(23)13-12-16-8-4-3-5-9-16/h3-13,15H,14H2,1-2H3,(H,21,22)/b13-12+. The van der Waals surface area contributed by atoms with Crippen LogP contribution in [0.1, 0.15) is 24.1 Å². The van der Waals surface area contributed by atoms with Crippen LogP contribution in [0.2, 0.25) is 0 Å². The third-order valence-corrected chi connectivity index (χ3v) is 3.54. The first kappa shape index (κ1) is 18.3. The topological polar surface area (TPSA) is 64.6 Å². The summed E-state index contributed by atoms with van der Waals surface area (Å²) in [6, 6.07) is 16.5. The Bertz CT molecular complexity index is 740. The molecule has 1 N–H and O–H groups in total. The van der Waals surface area contributed by atoms with Crippen molar-refractivity contribution in [2.45, 2.75) is 13.0 Å². The number of carbonyl (C=O) groups is 2. The van der Waals surface area contributed by atoms with E-state index in [1.54, 1.807) is 13.2 Å². The maximum atomic E-state index is 12.0. The van der Waals surface area contributed by atoms with Crippen molar-refractivity contribution >= 4 is 18.0 Å². The van der Waals surface area contributed by atoms with E-state index in [1.807, 2.05) is 61.5 Å². The number of hydrogen-bond acceptors (Lipinski definition) is 4. The molecular weight excluding hydrogens is 318 g/mol. The second-order valence-electron chi connectivity index (χ2n) is 5.38. The van der Waals surface area contributed by atoms with E-state index >= 15 is 0 Å². The highest BCUT2D eigenvalue weighted by Gasteiger charge is 2.14. The molecule has 2 aromatic rings. The fourth-order valence-electron chi connectivity index (χ4n) is 2.30. The first-order valence-corrected chi connectivity index (χ1v) is 7.92. The minimum atomic E-state index is -0.566. The number of nitrogens with one attached hydrogen (secondary N) is 1. The summed E-state index contributed by atoms with van der Waals surface area (Å²) in [5, 5.41) is 2.78. The van der Waals surface area contributed by atoms with Gasteiger partial charge in [0.15, 0.2) is 6.61 Å². The van der Waals surface area contributed by atoms with Gasteiger partial charge in [-0.1, -0.05) is 48.5 Å². The number of methoxy groups -OCH3 is 1. The second kappa shape index (κ2) is 9.27. The van der Waals surface area contributed by atoms with E-state index in [2.05, 4.69) is 5.32 Å². The molecule has 0 aliphatic heterocycles. The van der Waals surface area contributed by atoms with Gasteiger partial charge in [0.05, 0.1) is 13.2 Å². The zero-order valence-corrected chi connectivity index (χ0v) is 14.3. The Labute approximate surface area is 147 Å². The number of carbonyl (C=O) groups excluding carboxylic acids is 2. The van der Waals surface area contributed by atoms with Gasteiger partial charge in [-0.15, -0.1) is 0 Å². The monoisotopic (exact) mass is 339 g/mol. The van der Waals surface area contributed by atoms with Crippen LogP contribution in [0, 0.1) is 0 Å². The van der Waals surface area contributed by atoms with Crippen LogP contribution >= 0.6 is 0 Å². The summed E-state index contributed by atoms with van der Waals surface area (Å²) in [7, 11) is 1.58. The average molecular weight is 339 g/mol. The third kappa shape index (κ3) is 5.80. The molecular formula is C20H21NO4. The molecule has 130 valence electrons.